The number of fused-ring (bicyclic) bond motifs is 2. The van der Waals surface area contributed by atoms with Gasteiger partial charge in [0.25, 0.3) is 0 Å². The van der Waals surface area contributed by atoms with Gasteiger partial charge >= 0.3 is 6.09 Å². The second-order valence-corrected chi connectivity index (χ2v) is 10.2. The highest BCUT2D eigenvalue weighted by atomic mass is 19.1. The Balaban J connectivity index is 1.45. The highest BCUT2D eigenvalue weighted by Crippen LogP contribution is 2.43. The van der Waals surface area contributed by atoms with Gasteiger partial charge in [0.2, 0.25) is 5.91 Å². The van der Waals surface area contributed by atoms with Crippen LogP contribution in [0.25, 0.3) is 11.1 Å². The minimum Gasteiger partial charge on any atom is -0.444 e. The van der Waals surface area contributed by atoms with Gasteiger partial charge < -0.3 is 10.1 Å². The van der Waals surface area contributed by atoms with E-state index in [-0.39, 0.29) is 18.4 Å². The smallest absolute Gasteiger partial charge is 0.411 e. The molecule has 8 nitrogen and oxygen atoms in total. The summed E-state index contributed by atoms with van der Waals surface area (Å²) >= 11 is 0. The third-order valence-corrected chi connectivity index (χ3v) is 6.45. The lowest BCUT2D eigenvalue weighted by atomic mass is 9.97. The molecule has 34 heavy (non-hydrogen) atoms. The van der Waals surface area contributed by atoms with Crippen molar-refractivity contribution in [2.75, 3.05) is 0 Å². The Morgan fingerprint density at radius 1 is 1.32 bits per heavy atom. The molecule has 2 amide bonds. The lowest BCUT2D eigenvalue weighted by Crippen LogP contribution is -2.55. The normalized spacial score (nSPS) is 22.4. The molecule has 1 saturated heterocycles. The van der Waals surface area contributed by atoms with E-state index in [1.54, 1.807) is 57.0 Å². The molecule has 0 radical (unpaired) electrons. The number of halogens is 1. The van der Waals surface area contributed by atoms with Crippen LogP contribution in [0, 0.1) is 23.1 Å². The first-order valence-corrected chi connectivity index (χ1v) is 11.5. The van der Waals surface area contributed by atoms with Gasteiger partial charge in [-0.1, -0.05) is 12.1 Å². The quantitative estimate of drug-likeness (QED) is 0.725. The highest BCUT2D eigenvalue weighted by molar-refractivity contribution is 5.87. The van der Waals surface area contributed by atoms with Gasteiger partial charge in [-0.15, -0.1) is 0 Å². The van der Waals surface area contributed by atoms with Crippen molar-refractivity contribution in [3.05, 3.63) is 42.0 Å². The number of hydrogen-bond acceptors (Lipinski definition) is 5. The number of nitrogens with one attached hydrogen (secondary N) is 1. The van der Waals surface area contributed by atoms with Crippen LogP contribution in [0.2, 0.25) is 0 Å². The van der Waals surface area contributed by atoms with E-state index >= 15 is 0 Å². The van der Waals surface area contributed by atoms with Gasteiger partial charge in [-0.25, -0.2) is 9.18 Å². The van der Waals surface area contributed by atoms with Gasteiger partial charge in [-0.2, -0.15) is 10.4 Å². The van der Waals surface area contributed by atoms with E-state index in [9.17, 15) is 19.2 Å². The van der Waals surface area contributed by atoms with Crippen LogP contribution in [-0.4, -0.2) is 50.4 Å². The number of piperidine rings is 1. The number of carbonyl (C=O) groups is 2. The van der Waals surface area contributed by atoms with Crippen molar-refractivity contribution in [2.24, 2.45) is 13.0 Å². The van der Waals surface area contributed by atoms with Gasteiger partial charge in [0.05, 0.1) is 12.3 Å². The standard InChI is InChI=1S/C25H30FN5O3/c1-25(2,3)34-24(33)31-20-8-7-17(10-20)22(31)23(32)29-19(12-27)9-16-6-5-15(11-21(16)26)18-13-28-30(4)14-18/h5-6,11,13-14,17,19-20,22H,7-10H2,1-4H3,(H,29,32)/t17-,19-,20+,22-/m0/s1. The average molecular weight is 468 g/mol. The third-order valence-electron chi connectivity index (χ3n) is 6.45. The predicted molar refractivity (Wildman–Crippen MR) is 123 cm³/mol. The average Bonchev–Trinajstić information content (AvgIpc) is 3.49. The molecule has 9 heteroatoms. The van der Waals surface area contributed by atoms with Gasteiger partial charge in [-0.05, 0) is 63.1 Å². The summed E-state index contributed by atoms with van der Waals surface area (Å²) in [7, 11) is 1.79. The second-order valence-electron chi connectivity index (χ2n) is 10.2. The van der Waals surface area contributed by atoms with E-state index in [0.29, 0.717) is 11.1 Å². The molecule has 2 bridgehead atoms. The van der Waals surface area contributed by atoms with Crippen molar-refractivity contribution in [3.63, 3.8) is 0 Å². The van der Waals surface area contributed by atoms with Crippen LogP contribution >= 0.6 is 0 Å². The minimum absolute atomic E-state index is 0.0225. The van der Waals surface area contributed by atoms with Crippen LogP contribution in [0.15, 0.2) is 30.6 Å². The third kappa shape index (κ3) is 4.91. The number of rotatable bonds is 5. The Morgan fingerprint density at radius 3 is 2.71 bits per heavy atom. The molecule has 1 saturated carbocycles. The summed E-state index contributed by atoms with van der Waals surface area (Å²) in [5.74, 6) is -0.810. The van der Waals surface area contributed by atoms with Crippen LogP contribution in [-0.2, 0) is 23.0 Å². The molecule has 1 N–H and O–H groups in total. The topological polar surface area (TPSA) is 100 Å². The Kier molecular flexibility index (Phi) is 6.34. The van der Waals surface area contributed by atoms with Crippen LogP contribution < -0.4 is 5.32 Å². The Morgan fingerprint density at radius 2 is 2.09 bits per heavy atom. The van der Waals surface area contributed by atoms with E-state index < -0.39 is 35.5 Å². The first-order valence-electron chi connectivity index (χ1n) is 11.5. The summed E-state index contributed by atoms with van der Waals surface area (Å²) in [5.41, 5.74) is 1.13. The largest absolute Gasteiger partial charge is 0.444 e. The molecule has 0 spiro atoms. The fourth-order valence-corrected chi connectivity index (χ4v) is 4.97. The number of ether oxygens (including phenoxy) is 1. The molecule has 1 aliphatic heterocycles. The lowest BCUT2D eigenvalue weighted by molar-refractivity contribution is -0.128. The lowest BCUT2D eigenvalue weighted by Gasteiger charge is -2.35. The molecule has 2 aliphatic rings. The van der Waals surface area contributed by atoms with Gasteiger partial charge in [0, 0.05) is 31.3 Å². The number of likely N-dealkylation sites (tertiary alicyclic amines) is 1. The number of nitrogens with zero attached hydrogens (tertiary/aromatic N) is 4. The molecule has 2 fully saturated rings. The van der Waals surface area contributed by atoms with Crippen LogP contribution in [0.5, 0.6) is 0 Å². The number of carbonyl (C=O) groups excluding carboxylic acids is 2. The van der Waals surface area contributed by atoms with Crippen molar-refractivity contribution in [3.8, 4) is 17.2 Å². The molecule has 1 aromatic heterocycles. The molecule has 2 aromatic rings. The zero-order valence-corrected chi connectivity index (χ0v) is 19.9. The van der Waals surface area contributed by atoms with E-state index in [1.807, 2.05) is 0 Å². The van der Waals surface area contributed by atoms with E-state index in [2.05, 4.69) is 16.5 Å². The van der Waals surface area contributed by atoms with E-state index in [4.69, 9.17) is 4.74 Å². The number of aryl methyl sites for hydroxylation is 1. The van der Waals surface area contributed by atoms with Crippen LogP contribution in [0.4, 0.5) is 9.18 Å². The predicted octanol–water partition coefficient (Wildman–Crippen LogP) is 3.57. The highest BCUT2D eigenvalue weighted by Gasteiger charge is 2.52. The Labute approximate surface area is 198 Å². The molecule has 0 unspecified atom stereocenters. The molecule has 1 aromatic carbocycles. The number of nitriles is 1. The molecule has 1 aliphatic carbocycles. The first-order chi connectivity index (χ1) is 16.1. The number of aromatic nitrogens is 2. The van der Waals surface area contributed by atoms with E-state index in [1.165, 1.54) is 11.0 Å². The maximum absolute atomic E-state index is 14.8. The maximum atomic E-state index is 14.8. The SMILES string of the molecule is Cn1cc(-c2ccc(C[C@@H](C#N)NC(=O)[C@@H]3[C@H]4CC[C@H](C4)N3C(=O)OC(C)(C)C)c(F)c2)cn1. The molecule has 2 heterocycles. The van der Waals surface area contributed by atoms with Crippen LogP contribution in [0.3, 0.4) is 0 Å². The monoisotopic (exact) mass is 467 g/mol. The van der Waals surface area contributed by atoms with Crippen molar-refractivity contribution in [1.82, 2.24) is 20.0 Å². The first kappa shape index (κ1) is 23.7. The number of hydrogen-bond donors (Lipinski definition) is 1. The zero-order valence-electron chi connectivity index (χ0n) is 19.9. The molecule has 4 atom stereocenters. The fourth-order valence-electron chi connectivity index (χ4n) is 4.97. The molecule has 4 rings (SSSR count). The van der Waals surface area contributed by atoms with Gasteiger partial charge in [0.15, 0.2) is 0 Å². The second kappa shape index (κ2) is 9.09. The summed E-state index contributed by atoms with van der Waals surface area (Å²) in [6, 6.07) is 5.22. The number of benzene rings is 1. The van der Waals surface area contributed by atoms with Crippen molar-refractivity contribution in [1.29, 1.82) is 5.26 Å². The molecular formula is C25H30FN5O3. The summed E-state index contributed by atoms with van der Waals surface area (Å²) in [6.45, 7) is 5.36. The zero-order chi connectivity index (χ0) is 24.6. The summed E-state index contributed by atoms with van der Waals surface area (Å²) in [6.07, 6.45) is 5.39. The van der Waals surface area contributed by atoms with Crippen molar-refractivity contribution >= 4 is 12.0 Å². The molecule has 180 valence electrons. The van der Waals surface area contributed by atoms with Crippen molar-refractivity contribution in [2.45, 2.75) is 70.2 Å². The maximum Gasteiger partial charge on any atom is 0.411 e. The summed E-state index contributed by atoms with van der Waals surface area (Å²) < 4.78 is 22.0. The van der Waals surface area contributed by atoms with Crippen LogP contribution in [0.1, 0.15) is 45.6 Å². The Hall–Kier alpha value is -3.41. The molecular weight excluding hydrogens is 437 g/mol. The minimum atomic E-state index is -0.925. The van der Waals surface area contributed by atoms with Gasteiger partial charge in [0.1, 0.15) is 23.5 Å². The van der Waals surface area contributed by atoms with E-state index in [0.717, 1.165) is 24.8 Å². The van der Waals surface area contributed by atoms with Gasteiger partial charge in [-0.3, -0.25) is 14.4 Å². The van der Waals surface area contributed by atoms with Crippen molar-refractivity contribution < 1.29 is 18.7 Å². The summed E-state index contributed by atoms with van der Waals surface area (Å²) in [4.78, 5) is 27.5. The fraction of sp³-hybridized carbons (Fsp3) is 0.520. The Bertz CT molecular complexity index is 1130. The number of amides is 2. The summed E-state index contributed by atoms with van der Waals surface area (Å²) in [5, 5.41) is 16.5.